The SMILES string of the molecule is NCCCC[C@H](N)C(=O)N[C@@H](CS(=O)(=O)O)C(=O)N1CCC[C@H]1C(=O)O. The third-order valence-electron chi connectivity index (χ3n) is 4.12. The van der Waals surface area contributed by atoms with E-state index in [0.717, 1.165) is 4.90 Å². The van der Waals surface area contributed by atoms with Gasteiger partial charge in [-0.25, -0.2) is 4.79 Å². The first-order valence-electron chi connectivity index (χ1n) is 8.31. The molecule has 1 rings (SSSR count). The summed E-state index contributed by atoms with van der Waals surface area (Å²) in [5.41, 5.74) is 11.1. The Morgan fingerprint density at radius 3 is 2.46 bits per heavy atom. The van der Waals surface area contributed by atoms with Gasteiger partial charge in [0.1, 0.15) is 17.8 Å². The number of rotatable bonds is 10. The number of carbonyl (C=O) groups excluding carboxylic acids is 2. The molecule has 0 aromatic carbocycles. The van der Waals surface area contributed by atoms with Crippen LogP contribution < -0.4 is 16.8 Å². The van der Waals surface area contributed by atoms with Crippen LogP contribution in [0.2, 0.25) is 0 Å². The Morgan fingerprint density at radius 2 is 1.92 bits per heavy atom. The van der Waals surface area contributed by atoms with Gasteiger partial charge in [-0.3, -0.25) is 14.1 Å². The molecule has 0 unspecified atom stereocenters. The molecule has 1 heterocycles. The largest absolute Gasteiger partial charge is 0.480 e. The molecule has 1 fully saturated rings. The summed E-state index contributed by atoms with van der Waals surface area (Å²) in [7, 11) is -4.59. The van der Waals surface area contributed by atoms with Crippen LogP contribution in [0.3, 0.4) is 0 Å². The van der Waals surface area contributed by atoms with Crippen LogP contribution in [-0.2, 0) is 24.5 Å². The first-order valence-corrected chi connectivity index (χ1v) is 9.92. The summed E-state index contributed by atoms with van der Waals surface area (Å²) in [6, 6.07) is -3.69. The fourth-order valence-electron chi connectivity index (χ4n) is 2.79. The van der Waals surface area contributed by atoms with E-state index >= 15 is 0 Å². The molecule has 1 aliphatic heterocycles. The summed E-state index contributed by atoms with van der Waals surface area (Å²) in [5, 5.41) is 11.4. The molecule has 11 nitrogen and oxygen atoms in total. The van der Waals surface area contributed by atoms with Crippen LogP contribution in [0.15, 0.2) is 0 Å². The zero-order valence-electron chi connectivity index (χ0n) is 14.3. The number of hydrogen-bond donors (Lipinski definition) is 5. The molecule has 150 valence electrons. The normalized spacial score (nSPS) is 19.8. The molecule has 0 spiro atoms. The van der Waals surface area contributed by atoms with Crippen molar-refractivity contribution in [2.45, 2.75) is 50.2 Å². The minimum atomic E-state index is -4.59. The predicted molar refractivity (Wildman–Crippen MR) is 91.6 cm³/mol. The maximum Gasteiger partial charge on any atom is 0.326 e. The molecule has 0 aromatic rings. The molecule has 12 heteroatoms. The highest BCUT2D eigenvalue weighted by atomic mass is 32.2. The topological polar surface area (TPSA) is 193 Å². The minimum absolute atomic E-state index is 0.121. The van der Waals surface area contributed by atoms with Crippen LogP contribution >= 0.6 is 0 Å². The van der Waals surface area contributed by atoms with Gasteiger partial charge in [0.2, 0.25) is 11.8 Å². The third-order valence-corrected chi connectivity index (χ3v) is 4.87. The molecular weight excluding hydrogens is 368 g/mol. The molecule has 26 heavy (non-hydrogen) atoms. The molecule has 0 saturated carbocycles. The fourth-order valence-corrected chi connectivity index (χ4v) is 3.44. The van der Waals surface area contributed by atoms with Crippen LogP contribution in [0.5, 0.6) is 0 Å². The summed E-state index contributed by atoms with van der Waals surface area (Å²) in [5.74, 6) is -3.91. The average molecular weight is 394 g/mol. The lowest BCUT2D eigenvalue weighted by molar-refractivity contribution is -0.149. The van der Waals surface area contributed by atoms with E-state index < -0.39 is 51.8 Å². The van der Waals surface area contributed by atoms with Crippen molar-refractivity contribution < 1.29 is 32.5 Å². The van der Waals surface area contributed by atoms with Gasteiger partial charge in [0.15, 0.2) is 0 Å². The summed E-state index contributed by atoms with van der Waals surface area (Å²) in [6.07, 6.45) is 2.19. The van der Waals surface area contributed by atoms with Crippen molar-refractivity contribution >= 4 is 27.9 Å². The monoisotopic (exact) mass is 394 g/mol. The molecule has 2 amide bonds. The Hall–Kier alpha value is -1.76. The highest BCUT2D eigenvalue weighted by molar-refractivity contribution is 7.85. The van der Waals surface area contributed by atoms with Gasteiger partial charge in [0.25, 0.3) is 10.1 Å². The number of nitrogens with two attached hydrogens (primary N) is 2. The summed E-state index contributed by atoms with van der Waals surface area (Å²) >= 11 is 0. The lowest BCUT2D eigenvalue weighted by atomic mass is 10.1. The van der Waals surface area contributed by atoms with Crippen molar-refractivity contribution in [3.05, 3.63) is 0 Å². The predicted octanol–water partition coefficient (Wildman–Crippen LogP) is -2.11. The molecule has 3 atom stereocenters. The molecular formula is C14H26N4O7S. The van der Waals surface area contributed by atoms with Gasteiger partial charge in [-0.1, -0.05) is 6.42 Å². The number of carboxylic acid groups (broad SMARTS) is 1. The number of amides is 2. The quantitative estimate of drug-likeness (QED) is 0.204. The molecule has 0 bridgehead atoms. The van der Waals surface area contributed by atoms with Crippen molar-refractivity contribution in [2.75, 3.05) is 18.8 Å². The number of hydrogen-bond acceptors (Lipinski definition) is 7. The number of nitrogens with one attached hydrogen (secondary N) is 1. The fraction of sp³-hybridized carbons (Fsp3) is 0.786. The van der Waals surface area contributed by atoms with E-state index in [1.165, 1.54) is 0 Å². The smallest absolute Gasteiger partial charge is 0.326 e. The first kappa shape index (κ1) is 22.3. The maximum atomic E-state index is 12.6. The van der Waals surface area contributed by atoms with E-state index in [0.29, 0.717) is 25.8 Å². The van der Waals surface area contributed by atoms with E-state index in [1.807, 2.05) is 0 Å². The molecule has 1 saturated heterocycles. The second-order valence-electron chi connectivity index (χ2n) is 6.23. The van der Waals surface area contributed by atoms with Crippen LogP contribution in [0, 0.1) is 0 Å². The molecule has 0 aliphatic carbocycles. The molecule has 0 aromatic heterocycles. The Kier molecular flexibility index (Phi) is 8.40. The van der Waals surface area contributed by atoms with Crippen LogP contribution in [0.25, 0.3) is 0 Å². The first-order chi connectivity index (χ1) is 12.1. The van der Waals surface area contributed by atoms with Crippen LogP contribution in [-0.4, -0.2) is 77.7 Å². The Balaban J connectivity index is 2.86. The van der Waals surface area contributed by atoms with Crippen molar-refractivity contribution in [2.24, 2.45) is 11.5 Å². The van der Waals surface area contributed by atoms with Crippen molar-refractivity contribution in [3.8, 4) is 0 Å². The second-order valence-corrected chi connectivity index (χ2v) is 7.73. The maximum absolute atomic E-state index is 12.6. The van der Waals surface area contributed by atoms with E-state index in [2.05, 4.69) is 5.32 Å². The Labute approximate surface area is 151 Å². The Morgan fingerprint density at radius 1 is 1.27 bits per heavy atom. The molecule has 1 aliphatic rings. The van der Waals surface area contributed by atoms with Gasteiger partial charge in [0.05, 0.1) is 6.04 Å². The summed E-state index contributed by atoms with van der Waals surface area (Å²) in [4.78, 5) is 36.9. The number of aliphatic carboxylic acids is 1. The van der Waals surface area contributed by atoms with Crippen LogP contribution in [0.4, 0.5) is 0 Å². The summed E-state index contributed by atoms with van der Waals surface area (Å²) in [6.45, 7) is 0.555. The van der Waals surface area contributed by atoms with E-state index in [-0.39, 0.29) is 19.4 Å². The second kappa shape index (κ2) is 9.80. The number of nitrogens with zero attached hydrogens (tertiary/aromatic N) is 1. The lowest BCUT2D eigenvalue weighted by Crippen LogP contribution is -2.56. The molecule has 0 radical (unpaired) electrons. The Bertz CT molecular complexity index is 625. The van der Waals surface area contributed by atoms with E-state index in [9.17, 15) is 22.8 Å². The van der Waals surface area contributed by atoms with Gasteiger partial charge in [-0.2, -0.15) is 8.42 Å². The number of likely N-dealkylation sites (tertiary alicyclic amines) is 1. The minimum Gasteiger partial charge on any atom is -0.480 e. The number of unbranched alkanes of at least 4 members (excludes halogenated alkanes) is 1. The van der Waals surface area contributed by atoms with Gasteiger partial charge in [0, 0.05) is 6.54 Å². The van der Waals surface area contributed by atoms with Gasteiger partial charge < -0.3 is 26.8 Å². The lowest BCUT2D eigenvalue weighted by Gasteiger charge is -2.27. The van der Waals surface area contributed by atoms with Gasteiger partial charge in [-0.15, -0.1) is 0 Å². The molecule has 7 N–H and O–H groups in total. The van der Waals surface area contributed by atoms with Crippen LogP contribution in [0.1, 0.15) is 32.1 Å². The highest BCUT2D eigenvalue weighted by Gasteiger charge is 2.39. The summed E-state index contributed by atoms with van der Waals surface area (Å²) < 4.78 is 31.5. The zero-order valence-corrected chi connectivity index (χ0v) is 15.2. The highest BCUT2D eigenvalue weighted by Crippen LogP contribution is 2.19. The van der Waals surface area contributed by atoms with Gasteiger partial charge >= 0.3 is 5.97 Å². The van der Waals surface area contributed by atoms with Crippen molar-refractivity contribution in [1.82, 2.24) is 10.2 Å². The van der Waals surface area contributed by atoms with E-state index in [1.54, 1.807) is 0 Å². The average Bonchev–Trinajstić information content (AvgIpc) is 3.02. The van der Waals surface area contributed by atoms with Gasteiger partial charge in [-0.05, 0) is 32.2 Å². The van der Waals surface area contributed by atoms with E-state index in [4.69, 9.17) is 21.1 Å². The van der Waals surface area contributed by atoms with Crippen molar-refractivity contribution in [3.63, 3.8) is 0 Å². The standard InChI is InChI=1S/C14H26N4O7S/c15-6-2-1-4-9(16)12(19)17-10(8-26(23,24)25)13(20)18-7-3-5-11(18)14(21)22/h9-11H,1-8,15-16H2,(H,17,19)(H,21,22)(H,23,24,25)/t9-,10-,11-/m0/s1. The number of carboxylic acids is 1. The van der Waals surface area contributed by atoms with Crippen molar-refractivity contribution in [1.29, 1.82) is 0 Å². The zero-order chi connectivity index (χ0) is 19.9. The number of carbonyl (C=O) groups is 3. The third kappa shape index (κ3) is 6.86.